The zero-order valence-corrected chi connectivity index (χ0v) is 11.6. The Kier molecular flexibility index (Phi) is 3.38. The number of aromatic carboxylic acids is 1. The van der Waals surface area contributed by atoms with Crippen LogP contribution in [0.25, 0.3) is 0 Å². The molecule has 20 heavy (non-hydrogen) atoms. The van der Waals surface area contributed by atoms with Gasteiger partial charge in [0.1, 0.15) is 5.82 Å². The number of carbonyl (C=O) groups is 1. The number of ether oxygens (including phenoxy) is 1. The highest BCUT2D eigenvalue weighted by molar-refractivity contribution is 5.85. The normalized spacial score (nSPS) is 29.4. The molecule has 2 atom stereocenters. The molecule has 2 unspecified atom stereocenters. The van der Waals surface area contributed by atoms with Crippen LogP contribution in [0, 0.1) is 11.3 Å². The predicted molar refractivity (Wildman–Crippen MR) is 74.9 cm³/mol. The zero-order valence-electron chi connectivity index (χ0n) is 11.6. The van der Waals surface area contributed by atoms with E-state index in [1.54, 1.807) is 12.1 Å². The number of aromatic nitrogens is 1. The van der Waals surface area contributed by atoms with Crippen molar-refractivity contribution in [3.63, 3.8) is 0 Å². The summed E-state index contributed by atoms with van der Waals surface area (Å²) in [5.41, 5.74) is 0.184. The number of pyridine rings is 1. The average molecular weight is 276 g/mol. The Bertz CT molecular complexity index is 516. The van der Waals surface area contributed by atoms with Crippen molar-refractivity contribution in [2.75, 3.05) is 18.5 Å². The Morgan fingerprint density at radius 1 is 1.55 bits per heavy atom. The highest BCUT2D eigenvalue weighted by atomic mass is 16.5. The Morgan fingerprint density at radius 2 is 2.35 bits per heavy atom. The maximum Gasteiger partial charge on any atom is 0.354 e. The van der Waals surface area contributed by atoms with Gasteiger partial charge in [-0.3, -0.25) is 0 Å². The largest absolute Gasteiger partial charge is 0.477 e. The van der Waals surface area contributed by atoms with E-state index >= 15 is 0 Å². The van der Waals surface area contributed by atoms with Gasteiger partial charge < -0.3 is 15.2 Å². The molecule has 0 bridgehead atoms. The summed E-state index contributed by atoms with van der Waals surface area (Å²) < 4.78 is 5.89. The summed E-state index contributed by atoms with van der Waals surface area (Å²) in [5, 5.41) is 12.2. The van der Waals surface area contributed by atoms with Crippen LogP contribution in [0.1, 0.15) is 36.7 Å². The molecule has 2 heterocycles. The Labute approximate surface area is 118 Å². The quantitative estimate of drug-likeness (QED) is 0.864. The minimum absolute atomic E-state index is 0.0709. The molecule has 0 amide bonds. The number of carboxylic acid groups (broad SMARTS) is 1. The molecule has 1 aliphatic carbocycles. The molecule has 0 aromatic carbocycles. The molecule has 5 nitrogen and oxygen atoms in total. The Balaban J connectivity index is 1.66. The van der Waals surface area contributed by atoms with E-state index in [1.165, 1.54) is 18.9 Å². The van der Waals surface area contributed by atoms with Gasteiger partial charge in [0.05, 0.1) is 6.10 Å². The molecule has 5 heteroatoms. The van der Waals surface area contributed by atoms with Crippen LogP contribution < -0.4 is 5.32 Å². The lowest BCUT2D eigenvalue weighted by Gasteiger charge is -2.30. The topological polar surface area (TPSA) is 71.5 Å². The van der Waals surface area contributed by atoms with Gasteiger partial charge in [-0.1, -0.05) is 13.0 Å². The maximum atomic E-state index is 10.9. The second kappa shape index (κ2) is 5.05. The summed E-state index contributed by atoms with van der Waals surface area (Å²) in [7, 11) is 0. The highest BCUT2D eigenvalue weighted by Crippen LogP contribution is 2.47. The van der Waals surface area contributed by atoms with Gasteiger partial charge >= 0.3 is 5.97 Å². The highest BCUT2D eigenvalue weighted by Gasteiger charge is 2.47. The summed E-state index contributed by atoms with van der Waals surface area (Å²) in [5.74, 6) is 0.329. The minimum Gasteiger partial charge on any atom is -0.477 e. The molecule has 1 aromatic rings. The standard InChI is InChI=1S/C15H20N2O3/c1-15(7-8-20-13(15)10-5-6-10)9-16-12-4-2-3-11(17-12)14(18)19/h2-4,10,13H,5-9H2,1H3,(H,16,17)(H,18,19). The number of nitrogens with zero attached hydrogens (tertiary/aromatic N) is 1. The predicted octanol–water partition coefficient (Wildman–Crippen LogP) is 2.40. The Morgan fingerprint density at radius 3 is 3.05 bits per heavy atom. The summed E-state index contributed by atoms with van der Waals surface area (Å²) in [6.07, 6.45) is 3.91. The van der Waals surface area contributed by atoms with Crippen LogP contribution in [-0.4, -0.2) is 35.3 Å². The molecular weight excluding hydrogens is 256 g/mol. The molecule has 0 radical (unpaired) electrons. The van der Waals surface area contributed by atoms with Crippen LogP contribution in [-0.2, 0) is 4.74 Å². The molecule has 2 fully saturated rings. The van der Waals surface area contributed by atoms with Crippen molar-refractivity contribution in [2.24, 2.45) is 11.3 Å². The van der Waals surface area contributed by atoms with E-state index in [0.29, 0.717) is 17.8 Å². The number of carboxylic acids is 1. The molecule has 1 aromatic heterocycles. The average Bonchev–Trinajstić information content (AvgIpc) is 3.20. The third kappa shape index (κ3) is 2.63. The molecule has 1 saturated carbocycles. The molecule has 3 rings (SSSR count). The van der Waals surface area contributed by atoms with Crippen molar-refractivity contribution in [1.82, 2.24) is 4.98 Å². The molecule has 0 spiro atoms. The zero-order chi connectivity index (χ0) is 14.2. The smallest absolute Gasteiger partial charge is 0.354 e. The van der Waals surface area contributed by atoms with Gasteiger partial charge in [-0.05, 0) is 37.3 Å². The van der Waals surface area contributed by atoms with E-state index in [4.69, 9.17) is 9.84 Å². The third-order valence-corrected chi connectivity index (χ3v) is 4.35. The fourth-order valence-corrected chi connectivity index (χ4v) is 3.00. The SMILES string of the molecule is CC1(CNc2cccc(C(=O)O)n2)CCOC1C1CC1. The fourth-order valence-electron chi connectivity index (χ4n) is 3.00. The van der Waals surface area contributed by atoms with Crippen LogP contribution in [0.15, 0.2) is 18.2 Å². The van der Waals surface area contributed by atoms with Crippen molar-refractivity contribution in [1.29, 1.82) is 0 Å². The van der Waals surface area contributed by atoms with Crippen LogP contribution in [0.2, 0.25) is 0 Å². The number of anilines is 1. The lowest BCUT2D eigenvalue weighted by molar-refractivity contribution is 0.0439. The number of hydrogen-bond acceptors (Lipinski definition) is 4. The van der Waals surface area contributed by atoms with Crippen molar-refractivity contribution in [3.8, 4) is 0 Å². The van der Waals surface area contributed by atoms with Crippen molar-refractivity contribution in [2.45, 2.75) is 32.3 Å². The van der Waals surface area contributed by atoms with Gasteiger partial charge in [-0.15, -0.1) is 0 Å². The van der Waals surface area contributed by atoms with Gasteiger partial charge in [0.15, 0.2) is 5.69 Å². The summed E-state index contributed by atoms with van der Waals surface area (Å²) in [6.45, 7) is 3.84. The van der Waals surface area contributed by atoms with Crippen LogP contribution in [0.5, 0.6) is 0 Å². The molecule has 1 saturated heterocycles. The Hall–Kier alpha value is -1.62. The minimum atomic E-state index is -1.00. The molecule has 2 N–H and O–H groups in total. The molecule has 108 valence electrons. The monoisotopic (exact) mass is 276 g/mol. The van der Waals surface area contributed by atoms with E-state index in [2.05, 4.69) is 17.2 Å². The van der Waals surface area contributed by atoms with E-state index in [0.717, 1.165) is 19.6 Å². The van der Waals surface area contributed by atoms with Crippen LogP contribution in [0.4, 0.5) is 5.82 Å². The van der Waals surface area contributed by atoms with E-state index in [9.17, 15) is 4.79 Å². The first-order chi connectivity index (χ1) is 9.58. The van der Waals surface area contributed by atoms with Gasteiger partial charge in [-0.25, -0.2) is 9.78 Å². The van der Waals surface area contributed by atoms with E-state index < -0.39 is 5.97 Å². The summed E-state index contributed by atoms with van der Waals surface area (Å²) >= 11 is 0. The second-order valence-corrected chi connectivity index (χ2v) is 6.10. The maximum absolute atomic E-state index is 10.9. The van der Waals surface area contributed by atoms with Gasteiger partial charge in [0.2, 0.25) is 0 Å². The summed E-state index contributed by atoms with van der Waals surface area (Å²) in [4.78, 5) is 15.0. The van der Waals surface area contributed by atoms with E-state index in [-0.39, 0.29) is 11.1 Å². The number of rotatable bonds is 5. The van der Waals surface area contributed by atoms with E-state index in [1.807, 2.05) is 0 Å². The number of hydrogen-bond donors (Lipinski definition) is 2. The first-order valence-corrected chi connectivity index (χ1v) is 7.14. The lowest BCUT2D eigenvalue weighted by atomic mass is 9.81. The first kappa shape index (κ1) is 13.4. The van der Waals surface area contributed by atoms with Crippen molar-refractivity contribution < 1.29 is 14.6 Å². The van der Waals surface area contributed by atoms with Crippen molar-refractivity contribution in [3.05, 3.63) is 23.9 Å². The van der Waals surface area contributed by atoms with Gasteiger partial charge in [0, 0.05) is 18.6 Å². The number of nitrogens with one attached hydrogen (secondary N) is 1. The van der Waals surface area contributed by atoms with Crippen LogP contribution >= 0.6 is 0 Å². The fraction of sp³-hybridized carbons (Fsp3) is 0.600. The first-order valence-electron chi connectivity index (χ1n) is 7.14. The molecular formula is C15H20N2O3. The molecule has 1 aliphatic heterocycles. The molecule has 2 aliphatic rings. The van der Waals surface area contributed by atoms with Gasteiger partial charge in [0.25, 0.3) is 0 Å². The second-order valence-electron chi connectivity index (χ2n) is 6.10. The van der Waals surface area contributed by atoms with Crippen molar-refractivity contribution >= 4 is 11.8 Å². The summed E-state index contributed by atoms with van der Waals surface area (Å²) in [6, 6.07) is 5.02. The lowest BCUT2D eigenvalue weighted by Crippen LogP contribution is -2.36. The third-order valence-electron chi connectivity index (χ3n) is 4.35. The van der Waals surface area contributed by atoms with Gasteiger partial charge in [-0.2, -0.15) is 0 Å². The van der Waals surface area contributed by atoms with Crippen LogP contribution in [0.3, 0.4) is 0 Å².